The van der Waals surface area contributed by atoms with Crippen molar-refractivity contribution in [1.82, 2.24) is 10.2 Å². The molecule has 0 aliphatic carbocycles. The van der Waals surface area contributed by atoms with Gasteiger partial charge in [0.2, 0.25) is 5.91 Å². The van der Waals surface area contributed by atoms with Crippen molar-refractivity contribution < 1.29 is 4.79 Å². The van der Waals surface area contributed by atoms with E-state index in [2.05, 4.69) is 34.6 Å². The third-order valence-corrected chi connectivity index (χ3v) is 6.38. The first kappa shape index (κ1) is 18.7. The molecule has 2 unspecified atom stereocenters. The molecule has 0 radical (unpaired) electrons. The number of amides is 1. The number of hydrogen-bond donors (Lipinski definition) is 2. The quantitative estimate of drug-likeness (QED) is 0.817. The standard InChI is InChI=1S/C20H31N3OS/c1-16(17-6-4-8-21-14-17)13-20(24)22-19-7-3-2-5-18(19)15-23-9-11-25-12-10-23/h2-3,5,7,16-17,21H,4,6,8-15H2,1H3,(H,22,24). The molecule has 0 aromatic heterocycles. The zero-order chi connectivity index (χ0) is 17.5. The normalized spacial score (nSPS) is 23.2. The zero-order valence-electron chi connectivity index (χ0n) is 15.3. The number of carbonyl (C=O) groups is 1. The van der Waals surface area contributed by atoms with Gasteiger partial charge in [-0.2, -0.15) is 11.8 Å². The summed E-state index contributed by atoms with van der Waals surface area (Å²) in [5.74, 6) is 3.63. The lowest BCUT2D eigenvalue weighted by atomic mass is 9.85. The summed E-state index contributed by atoms with van der Waals surface area (Å²) in [4.78, 5) is 15.0. The maximum absolute atomic E-state index is 12.6. The smallest absolute Gasteiger partial charge is 0.224 e. The van der Waals surface area contributed by atoms with Crippen molar-refractivity contribution in [3.8, 4) is 0 Å². The molecule has 25 heavy (non-hydrogen) atoms. The number of rotatable bonds is 6. The molecule has 1 aromatic rings. The van der Waals surface area contributed by atoms with Crippen LogP contribution in [0, 0.1) is 11.8 Å². The highest BCUT2D eigenvalue weighted by molar-refractivity contribution is 7.99. The van der Waals surface area contributed by atoms with Gasteiger partial charge in [0.25, 0.3) is 0 Å². The second-order valence-electron chi connectivity index (χ2n) is 7.38. The fraction of sp³-hybridized carbons (Fsp3) is 0.650. The molecule has 2 aliphatic heterocycles. The fourth-order valence-electron chi connectivity index (χ4n) is 3.81. The average Bonchev–Trinajstić information content (AvgIpc) is 2.65. The van der Waals surface area contributed by atoms with Crippen LogP contribution >= 0.6 is 11.8 Å². The van der Waals surface area contributed by atoms with E-state index in [1.54, 1.807) is 0 Å². The van der Waals surface area contributed by atoms with Gasteiger partial charge in [0.1, 0.15) is 0 Å². The van der Waals surface area contributed by atoms with Crippen molar-refractivity contribution in [3.63, 3.8) is 0 Å². The van der Waals surface area contributed by atoms with Crippen LogP contribution in [0.25, 0.3) is 0 Å². The van der Waals surface area contributed by atoms with Crippen LogP contribution in [0.3, 0.4) is 0 Å². The summed E-state index contributed by atoms with van der Waals surface area (Å²) in [6.45, 7) is 7.60. The second kappa shape index (κ2) is 9.60. The SMILES string of the molecule is CC(CC(=O)Nc1ccccc1CN1CCSCC1)C1CCCNC1. The van der Waals surface area contributed by atoms with Crippen LogP contribution in [0.15, 0.2) is 24.3 Å². The Morgan fingerprint density at radius 3 is 2.92 bits per heavy atom. The number of piperidine rings is 1. The van der Waals surface area contributed by atoms with Gasteiger partial charge in [-0.3, -0.25) is 9.69 Å². The van der Waals surface area contributed by atoms with E-state index in [-0.39, 0.29) is 5.91 Å². The lowest BCUT2D eigenvalue weighted by Gasteiger charge is -2.28. The second-order valence-corrected chi connectivity index (χ2v) is 8.61. The third kappa shape index (κ3) is 5.73. The van der Waals surface area contributed by atoms with E-state index >= 15 is 0 Å². The molecule has 0 spiro atoms. The predicted molar refractivity (Wildman–Crippen MR) is 107 cm³/mol. The number of hydrogen-bond acceptors (Lipinski definition) is 4. The van der Waals surface area contributed by atoms with Crippen LogP contribution in [0.1, 0.15) is 31.7 Å². The lowest BCUT2D eigenvalue weighted by molar-refractivity contribution is -0.117. The lowest BCUT2D eigenvalue weighted by Crippen LogP contribution is -2.34. The Bertz CT molecular complexity index is 554. The van der Waals surface area contributed by atoms with Gasteiger partial charge in [-0.05, 0) is 49.4 Å². The molecule has 0 bridgehead atoms. The highest BCUT2D eigenvalue weighted by atomic mass is 32.2. The van der Waals surface area contributed by atoms with Crippen molar-refractivity contribution in [2.24, 2.45) is 11.8 Å². The minimum atomic E-state index is 0.153. The zero-order valence-corrected chi connectivity index (χ0v) is 16.1. The number of nitrogens with one attached hydrogen (secondary N) is 2. The Labute approximate surface area is 156 Å². The monoisotopic (exact) mass is 361 g/mol. The third-order valence-electron chi connectivity index (χ3n) is 5.44. The van der Waals surface area contributed by atoms with E-state index in [1.165, 1.54) is 29.9 Å². The maximum atomic E-state index is 12.6. The maximum Gasteiger partial charge on any atom is 0.224 e. The van der Waals surface area contributed by atoms with E-state index < -0.39 is 0 Å². The van der Waals surface area contributed by atoms with Gasteiger partial charge < -0.3 is 10.6 Å². The van der Waals surface area contributed by atoms with Crippen molar-refractivity contribution in [1.29, 1.82) is 0 Å². The van der Waals surface area contributed by atoms with Crippen LogP contribution in [0.2, 0.25) is 0 Å². The molecule has 2 heterocycles. The van der Waals surface area contributed by atoms with E-state index in [1.807, 2.05) is 23.9 Å². The molecular formula is C20H31N3OS. The summed E-state index contributed by atoms with van der Waals surface area (Å²) in [6, 6.07) is 8.27. The molecule has 4 nitrogen and oxygen atoms in total. The molecular weight excluding hydrogens is 330 g/mol. The first-order valence-electron chi connectivity index (χ1n) is 9.61. The summed E-state index contributed by atoms with van der Waals surface area (Å²) < 4.78 is 0. The highest BCUT2D eigenvalue weighted by Gasteiger charge is 2.22. The van der Waals surface area contributed by atoms with Crippen molar-refractivity contribution in [2.45, 2.75) is 32.7 Å². The number of para-hydroxylation sites is 1. The van der Waals surface area contributed by atoms with Crippen LogP contribution < -0.4 is 10.6 Å². The molecule has 5 heteroatoms. The number of carbonyl (C=O) groups excluding carboxylic acids is 1. The van der Waals surface area contributed by atoms with Gasteiger partial charge in [-0.15, -0.1) is 0 Å². The Morgan fingerprint density at radius 1 is 1.36 bits per heavy atom. The minimum absolute atomic E-state index is 0.153. The first-order valence-corrected chi connectivity index (χ1v) is 10.8. The molecule has 2 atom stereocenters. The minimum Gasteiger partial charge on any atom is -0.326 e. The Kier molecular flexibility index (Phi) is 7.20. The van der Waals surface area contributed by atoms with Gasteiger partial charge in [0, 0.05) is 43.2 Å². The first-order chi connectivity index (χ1) is 12.2. The van der Waals surface area contributed by atoms with Crippen LogP contribution in [-0.2, 0) is 11.3 Å². The Hall–Kier alpha value is -1.04. The van der Waals surface area contributed by atoms with Gasteiger partial charge >= 0.3 is 0 Å². The summed E-state index contributed by atoms with van der Waals surface area (Å²) in [6.07, 6.45) is 3.08. The summed E-state index contributed by atoms with van der Waals surface area (Å²) in [5, 5.41) is 6.63. The van der Waals surface area contributed by atoms with Crippen molar-refractivity contribution in [2.75, 3.05) is 43.0 Å². The Morgan fingerprint density at radius 2 is 2.16 bits per heavy atom. The van der Waals surface area contributed by atoms with Crippen molar-refractivity contribution in [3.05, 3.63) is 29.8 Å². The summed E-state index contributed by atoms with van der Waals surface area (Å²) in [5.41, 5.74) is 2.22. The summed E-state index contributed by atoms with van der Waals surface area (Å²) in [7, 11) is 0. The largest absolute Gasteiger partial charge is 0.326 e. The average molecular weight is 362 g/mol. The molecule has 3 rings (SSSR count). The number of anilines is 1. The number of nitrogens with zero attached hydrogens (tertiary/aromatic N) is 1. The number of thioether (sulfide) groups is 1. The summed E-state index contributed by atoms with van der Waals surface area (Å²) >= 11 is 2.03. The molecule has 1 amide bonds. The molecule has 2 fully saturated rings. The van der Waals surface area contributed by atoms with E-state index in [0.717, 1.165) is 38.4 Å². The van der Waals surface area contributed by atoms with Crippen LogP contribution in [-0.4, -0.2) is 48.5 Å². The van der Waals surface area contributed by atoms with Gasteiger partial charge in [-0.1, -0.05) is 25.1 Å². The molecule has 0 saturated carbocycles. The fourth-order valence-corrected chi connectivity index (χ4v) is 4.78. The van der Waals surface area contributed by atoms with Crippen molar-refractivity contribution >= 4 is 23.4 Å². The molecule has 2 saturated heterocycles. The highest BCUT2D eigenvalue weighted by Crippen LogP contribution is 2.24. The molecule has 138 valence electrons. The van der Waals surface area contributed by atoms with Crippen LogP contribution in [0.4, 0.5) is 5.69 Å². The van der Waals surface area contributed by atoms with E-state index in [0.29, 0.717) is 18.3 Å². The number of benzene rings is 1. The van der Waals surface area contributed by atoms with E-state index in [9.17, 15) is 4.79 Å². The van der Waals surface area contributed by atoms with E-state index in [4.69, 9.17) is 0 Å². The molecule has 2 N–H and O–H groups in total. The molecule has 2 aliphatic rings. The Balaban J connectivity index is 1.55. The van der Waals surface area contributed by atoms with Gasteiger partial charge in [-0.25, -0.2) is 0 Å². The molecule has 1 aromatic carbocycles. The van der Waals surface area contributed by atoms with Gasteiger partial charge in [0.05, 0.1) is 0 Å². The topological polar surface area (TPSA) is 44.4 Å². The van der Waals surface area contributed by atoms with Gasteiger partial charge in [0.15, 0.2) is 0 Å². The van der Waals surface area contributed by atoms with Crippen LogP contribution in [0.5, 0.6) is 0 Å². The predicted octanol–water partition coefficient (Wildman–Crippen LogP) is 3.20.